The molecule has 1 aromatic rings. The third-order valence-corrected chi connectivity index (χ3v) is 1.70. The van der Waals surface area contributed by atoms with E-state index >= 15 is 0 Å². The van der Waals surface area contributed by atoms with Gasteiger partial charge in [-0.3, -0.25) is 9.27 Å². The minimum Gasteiger partial charge on any atom is -0.508 e. The van der Waals surface area contributed by atoms with Crippen LogP contribution >= 0.6 is 0 Å². The summed E-state index contributed by atoms with van der Waals surface area (Å²) in [6.07, 6.45) is 0. The van der Waals surface area contributed by atoms with Crippen molar-refractivity contribution in [2.24, 2.45) is 0 Å². The third-order valence-electron chi connectivity index (χ3n) is 1.22. The molecule has 4 N–H and O–H groups in total. The van der Waals surface area contributed by atoms with Gasteiger partial charge in [-0.05, 0) is 12.1 Å². The largest absolute Gasteiger partial charge is 0.508 e. The quantitative estimate of drug-likeness (QED) is 0.316. The van der Waals surface area contributed by atoms with Crippen LogP contribution in [-0.4, -0.2) is 23.2 Å². The molecule has 0 bridgehead atoms. The van der Waals surface area contributed by atoms with E-state index in [0.717, 1.165) is 18.2 Å². The maximum absolute atomic E-state index is 10.3. The van der Waals surface area contributed by atoms with Gasteiger partial charge in [-0.1, -0.05) is 0 Å². The fourth-order valence-corrected chi connectivity index (χ4v) is 1.20. The fraction of sp³-hybridized carbons (Fsp3) is 0. The molecule has 0 fully saturated rings. The number of hydrogen-bond donors (Lipinski definition) is 4. The number of nitrogens with one attached hydrogen (secondary N) is 1. The highest BCUT2D eigenvalue weighted by Gasteiger charge is 2.08. The number of benzene rings is 1. The number of hydrogen-bond acceptors (Lipinski definition) is 4. The van der Waals surface area contributed by atoms with Crippen molar-refractivity contribution < 1.29 is 23.2 Å². The molecule has 0 saturated heterocycles. The Morgan fingerprint density at radius 3 is 2.31 bits per heavy atom. The molecule has 0 radical (unpaired) electrons. The summed E-state index contributed by atoms with van der Waals surface area (Å²) in [5.41, 5.74) is -0.208. The average Bonchev–Trinajstić information content (AvgIpc) is 1.93. The lowest BCUT2D eigenvalue weighted by molar-refractivity contribution is 0.451. The summed E-state index contributed by atoms with van der Waals surface area (Å²) in [6, 6.07) is 3.21. The molecule has 0 saturated carbocycles. The van der Waals surface area contributed by atoms with Gasteiger partial charge in [0, 0.05) is 6.07 Å². The second-order valence-electron chi connectivity index (χ2n) is 2.28. The fourth-order valence-electron chi connectivity index (χ4n) is 0.745. The molecule has 0 spiro atoms. The summed E-state index contributed by atoms with van der Waals surface area (Å²) in [5, 5.41) is 17.9. The molecule has 0 atom stereocenters. The molecule has 0 aromatic heterocycles. The maximum Gasteiger partial charge on any atom is 0.357 e. The molecule has 0 aliphatic carbocycles. The Morgan fingerprint density at radius 1 is 1.23 bits per heavy atom. The van der Waals surface area contributed by atoms with Crippen LogP contribution in [0.2, 0.25) is 0 Å². The van der Waals surface area contributed by atoms with Crippen molar-refractivity contribution >= 4 is 16.0 Å². The predicted molar refractivity (Wildman–Crippen MR) is 44.9 cm³/mol. The van der Waals surface area contributed by atoms with E-state index in [1.54, 1.807) is 4.72 Å². The summed E-state index contributed by atoms with van der Waals surface area (Å²) >= 11 is 0. The number of anilines is 1. The molecule has 1 rings (SSSR count). The normalized spacial score (nSPS) is 11.2. The Hall–Kier alpha value is -1.47. The van der Waals surface area contributed by atoms with E-state index in [4.69, 9.17) is 14.8 Å². The van der Waals surface area contributed by atoms with E-state index in [1.807, 2.05) is 0 Å². The van der Waals surface area contributed by atoms with Gasteiger partial charge in [0.1, 0.15) is 11.5 Å². The maximum atomic E-state index is 10.3. The highest BCUT2D eigenvalue weighted by molar-refractivity contribution is 7.87. The van der Waals surface area contributed by atoms with Crippen molar-refractivity contribution in [3.05, 3.63) is 18.2 Å². The van der Waals surface area contributed by atoms with Crippen LogP contribution in [0.3, 0.4) is 0 Å². The van der Waals surface area contributed by atoms with E-state index < -0.39 is 16.1 Å². The van der Waals surface area contributed by atoms with Crippen molar-refractivity contribution in [3.63, 3.8) is 0 Å². The molecular formula is C6H7NO5S. The van der Waals surface area contributed by atoms with E-state index in [9.17, 15) is 8.42 Å². The lowest BCUT2D eigenvalue weighted by Gasteiger charge is -2.04. The predicted octanol–water partition coefficient (Wildman–Crippen LogP) is 0.313. The molecule has 0 amide bonds. The SMILES string of the molecule is O=S(=O)(O)Nc1ccc(O)cc1O. The van der Waals surface area contributed by atoms with Gasteiger partial charge in [0.25, 0.3) is 0 Å². The van der Waals surface area contributed by atoms with Gasteiger partial charge in [-0.25, -0.2) is 0 Å². The van der Waals surface area contributed by atoms with Crippen molar-refractivity contribution in [2.75, 3.05) is 4.72 Å². The van der Waals surface area contributed by atoms with Gasteiger partial charge in [0.15, 0.2) is 0 Å². The van der Waals surface area contributed by atoms with Gasteiger partial charge in [-0.15, -0.1) is 0 Å². The molecule has 0 aliphatic heterocycles. The number of rotatable bonds is 2. The van der Waals surface area contributed by atoms with Gasteiger partial charge in [0.2, 0.25) is 0 Å². The van der Waals surface area contributed by atoms with Gasteiger partial charge in [-0.2, -0.15) is 8.42 Å². The highest BCUT2D eigenvalue weighted by atomic mass is 32.2. The molecule has 0 unspecified atom stereocenters. The number of aromatic hydroxyl groups is 2. The lowest BCUT2D eigenvalue weighted by atomic mass is 10.3. The molecule has 1 aromatic carbocycles. The van der Waals surface area contributed by atoms with Crippen LogP contribution < -0.4 is 4.72 Å². The molecule has 0 heterocycles. The first kappa shape index (κ1) is 9.62. The summed E-state index contributed by atoms with van der Waals surface area (Å²) in [5.74, 6) is -0.684. The van der Waals surface area contributed by atoms with Crippen LogP contribution in [0.4, 0.5) is 5.69 Å². The summed E-state index contributed by atoms with van der Waals surface area (Å²) < 4.78 is 30.6. The van der Waals surface area contributed by atoms with E-state index in [1.165, 1.54) is 0 Å². The smallest absolute Gasteiger partial charge is 0.357 e. The van der Waals surface area contributed by atoms with Crippen LogP contribution in [0, 0.1) is 0 Å². The first-order chi connectivity index (χ1) is 5.88. The zero-order chi connectivity index (χ0) is 10.1. The van der Waals surface area contributed by atoms with Gasteiger partial charge >= 0.3 is 10.3 Å². The van der Waals surface area contributed by atoms with Crippen LogP contribution in [0.5, 0.6) is 11.5 Å². The van der Waals surface area contributed by atoms with Crippen molar-refractivity contribution in [1.82, 2.24) is 0 Å². The zero-order valence-electron chi connectivity index (χ0n) is 6.30. The Bertz CT molecular complexity index is 413. The minimum absolute atomic E-state index is 0.208. The first-order valence-corrected chi connectivity index (χ1v) is 4.60. The molecule has 7 heteroatoms. The molecule has 72 valence electrons. The summed E-state index contributed by atoms with van der Waals surface area (Å²) in [7, 11) is -4.40. The Labute approximate surface area is 74.3 Å². The highest BCUT2D eigenvalue weighted by Crippen LogP contribution is 2.27. The average molecular weight is 205 g/mol. The van der Waals surface area contributed by atoms with Crippen molar-refractivity contribution in [3.8, 4) is 11.5 Å². The second kappa shape index (κ2) is 3.11. The van der Waals surface area contributed by atoms with Gasteiger partial charge in [0.05, 0.1) is 5.69 Å². The van der Waals surface area contributed by atoms with E-state index in [0.29, 0.717) is 0 Å². The van der Waals surface area contributed by atoms with Gasteiger partial charge < -0.3 is 10.2 Å². The van der Waals surface area contributed by atoms with Crippen LogP contribution in [-0.2, 0) is 10.3 Å². The molecule has 0 aliphatic rings. The Balaban J connectivity index is 3.04. The Kier molecular flexibility index (Phi) is 2.30. The third kappa shape index (κ3) is 2.80. The standard InChI is InChI=1S/C6H7NO5S/c8-4-1-2-5(6(9)3-4)7-13(10,11)12/h1-3,7-9H,(H,10,11,12). The molecule has 6 nitrogen and oxygen atoms in total. The first-order valence-electron chi connectivity index (χ1n) is 3.16. The topological polar surface area (TPSA) is 107 Å². The number of phenols is 2. The van der Waals surface area contributed by atoms with Crippen LogP contribution in [0.25, 0.3) is 0 Å². The summed E-state index contributed by atoms with van der Waals surface area (Å²) in [6.45, 7) is 0. The lowest BCUT2D eigenvalue weighted by Crippen LogP contribution is -2.10. The zero-order valence-corrected chi connectivity index (χ0v) is 7.11. The minimum atomic E-state index is -4.40. The monoisotopic (exact) mass is 205 g/mol. The van der Waals surface area contributed by atoms with E-state index in [2.05, 4.69) is 0 Å². The van der Waals surface area contributed by atoms with E-state index in [-0.39, 0.29) is 11.4 Å². The molecule has 13 heavy (non-hydrogen) atoms. The van der Waals surface area contributed by atoms with Crippen LogP contribution in [0.15, 0.2) is 18.2 Å². The van der Waals surface area contributed by atoms with Crippen LogP contribution in [0.1, 0.15) is 0 Å². The molecular weight excluding hydrogens is 198 g/mol. The number of phenolic OH excluding ortho intramolecular Hbond substituents is 2. The summed E-state index contributed by atoms with van der Waals surface area (Å²) in [4.78, 5) is 0. The van der Waals surface area contributed by atoms with Crippen molar-refractivity contribution in [1.29, 1.82) is 0 Å². The Morgan fingerprint density at radius 2 is 1.85 bits per heavy atom. The van der Waals surface area contributed by atoms with Crippen molar-refractivity contribution in [2.45, 2.75) is 0 Å². The second-order valence-corrected chi connectivity index (χ2v) is 3.43.